The van der Waals surface area contributed by atoms with Gasteiger partial charge in [0.15, 0.2) is 0 Å². The Labute approximate surface area is 193 Å². The molecule has 32 heavy (non-hydrogen) atoms. The molecule has 4 rings (SSSR count). The van der Waals surface area contributed by atoms with E-state index in [9.17, 15) is 9.59 Å². The fourth-order valence-corrected chi connectivity index (χ4v) is 4.60. The maximum Gasteiger partial charge on any atom is 0.410 e. The number of hydroxylamine groups is 2. The van der Waals surface area contributed by atoms with E-state index in [1.54, 1.807) is 34.2 Å². The molecule has 0 aliphatic carbocycles. The number of nitrogens with one attached hydrogen (secondary N) is 1. The summed E-state index contributed by atoms with van der Waals surface area (Å²) in [4.78, 5) is 33.3. The van der Waals surface area contributed by atoms with Crippen LogP contribution >= 0.6 is 12.2 Å². The van der Waals surface area contributed by atoms with Crippen LogP contribution in [-0.2, 0) is 15.1 Å². The van der Waals surface area contributed by atoms with E-state index in [0.717, 1.165) is 5.56 Å². The first-order chi connectivity index (χ1) is 15.2. The summed E-state index contributed by atoms with van der Waals surface area (Å²) in [6, 6.07) is 18.7. The Morgan fingerprint density at radius 2 is 1.72 bits per heavy atom. The molecule has 2 fully saturated rings. The van der Waals surface area contributed by atoms with E-state index < -0.39 is 11.1 Å². The monoisotopic (exact) mass is 453 g/mol. The summed E-state index contributed by atoms with van der Waals surface area (Å²) < 4.78 is 5.61. The Morgan fingerprint density at radius 1 is 1.09 bits per heavy atom. The molecule has 1 N–H and O–H groups in total. The molecule has 8 heteroatoms. The number of hydrogen-bond donors (Lipinski definition) is 1. The number of rotatable bonds is 2. The molecule has 0 radical (unpaired) electrons. The van der Waals surface area contributed by atoms with Crippen molar-refractivity contribution in [2.45, 2.75) is 31.9 Å². The molecule has 2 unspecified atom stereocenters. The molecular weight excluding hydrogens is 426 g/mol. The van der Waals surface area contributed by atoms with Gasteiger partial charge in [-0.3, -0.25) is 14.9 Å². The number of thiocarbonyl (C=S) groups is 1. The molecule has 2 aromatic rings. The van der Waals surface area contributed by atoms with E-state index in [1.165, 1.54) is 0 Å². The van der Waals surface area contributed by atoms with Gasteiger partial charge in [0.2, 0.25) is 5.11 Å². The van der Waals surface area contributed by atoms with Crippen molar-refractivity contribution in [3.63, 3.8) is 0 Å². The zero-order chi connectivity index (χ0) is 22.9. The minimum Gasteiger partial charge on any atom is -0.444 e. The average molecular weight is 454 g/mol. The molecule has 7 nitrogen and oxygen atoms in total. The van der Waals surface area contributed by atoms with Crippen LogP contribution in [0.15, 0.2) is 60.7 Å². The lowest BCUT2D eigenvalue weighted by Gasteiger charge is -2.37. The fraction of sp³-hybridized carbons (Fsp3) is 0.375. The van der Waals surface area contributed by atoms with Crippen LogP contribution in [0.3, 0.4) is 0 Å². The summed E-state index contributed by atoms with van der Waals surface area (Å²) in [5.74, 6) is -0.350. The minimum absolute atomic E-state index is 0.0380. The molecule has 0 spiro atoms. The van der Waals surface area contributed by atoms with Gasteiger partial charge < -0.3 is 9.64 Å². The van der Waals surface area contributed by atoms with Gasteiger partial charge in [-0.25, -0.2) is 9.86 Å². The smallest absolute Gasteiger partial charge is 0.410 e. The maximum atomic E-state index is 12.8. The third-order valence-electron chi connectivity index (χ3n) is 5.68. The summed E-state index contributed by atoms with van der Waals surface area (Å²) in [7, 11) is 0. The first-order valence-electron chi connectivity index (χ1n) is 10.6. The Hall–Kier alpha value is -2.97. The van der Waals surface area contributed by atoms with E-state index in [-0.39, 0.29) is 23.0 Å². The third-order valence-corrected chi connectivity index (χ3v) is 5.95. The van der Waals surface area contributed by atoms with Gasteiger partial charge >= 0.3 is 6.09 Å². The molecule has 168 valence electrons. The second kappa shape index (κ2) is 8.52. The molecule has 2 aromatic carbocycles. The summed E-state index contributed by atoms with van der Waals surface area (Å²) in [6.07, 6.45) is -0.374. The van der Waals surface area contributed by atoms with Gasteiger partial charge in [-0.15, -0.1) is 0 Å². The SMILES string of the molecule is CC(C)(C)OC(=O)N1CC2CON(C(=S)NC(=O)c3ccccc3)C2(c2ccccc2)C1. The Balaban J connectivity index is 1.62. The van der Waals surface area contributed by atoms with Crippen molar-refractivity contribution in [2.24, 2.45) is 5.92 Å². The highest BCUT2D eigenvalue weighted by molar-refractivity contribution is 7.80. The van der Waals surface area contributed by atoms with E-state index in [4.69, 9.17) is 21.8 Å². The quantitative estimate of drug-likeness (QED) is 0.699. The van der Waals surface area contributed by atoms with E-state index in [2.05, 4.69) is 5.32 Å². The Morgan fingerprint density at radius 3 is 2.34 bits per heavy atom. The molecule has 2 aliphatic rings. The highest BCUT2D eigenvalue weighted by Gasteiger charge is 2.59. The number of amides is 2. The predicted molar refractivity (Wildman–Crippen MR) is 124 cm³/mol. The van der Waals surface area contributed by atoms with Crippen LogP contribution in [0.1, 0.15) is 36.7 Å². The van der Waals surface area contributed by atoms with Crippen molar-refractivity contribution in [3.05, 3.63) is 71.8 Å². The summed E-state index contributed by atoms with van der Waals surface area (Å²) in [6.45, 7) is 6.71. The molecule has 2 heterocycles. The van der Waals surface area contributed by atoms with Crippen LogP contribution in [0.5, 0.6) is 0 Å². The second-order valence-electron chi connectivity index (χ2n) is 9.06. The minimum atomic E-state index is -0.723. The lowest BCUT2D eigenvalue weighted by molar-refractivity contribution is -0.105. The predicted octanol–water partition coefficient (Wildman–Crippen LogP) is 3.71. The van der Waals surface area contributed by atoms with E-state index >= 15 is 0 Å². The number of ether oxygens (including phenoxy) is 1. The van der Waals surface area contributed by atoms with E-state index in [1.807, 2.05) is 57.2 Å². The molecule has 0 aromatic heterocycles. The highest BCUT2D eigenvalue weighted by Crippen LogP contribution is 2.47. The molecule has 0 saturated carbocycles. The fourth-order valence-electron chi connectivity index (χ4n) is 4.29. The van der Waals surface area contributed by atoms with Crippen LogP contribution in [0.25, 0.3) is 0 Å². The van der Waals surface area contributed by atoms with Gasteiger partial charge in [0, 0.05) is 18.0 Å². The summed E-state index contributed by atoms with van der Waals surface area (Å²) in [5, 5.41) is 4.54. The zero-order valence-electron chi connectivity index (χ0n) is 18.4. The standard InChI is InChI=1S/C24H27N3O4S/c1-23(2,3)31-22(29)26-14-19-15-30-27(24(19,16-26)18-12-8-5-9-13-18)21(32)25-20(28)17-10-6-4-7-11-17/h4-13,19H,14-16H2,1-3H3,(H,25,28,32). The third kappa shape index (κ3) is 4.20. The van der Waals surface area contributed by atoms with Gasteiger partial charge in [-0.2, -0.15) is 0 Å². The van der Waals surface area contributed by atoms with Crippen molar-refractivity contribution in [1.29, 1.82) is 0 Å². The lowest BCUT2D eigenvalue weighted by Crippen LogP contribution is -2.53. The molecule has 0 bridgehead atoms. The average Bonchev–Trinajstić information content (AvgIpc) is 3.31. The highest BCUT2D eigenvalue weighted by atomic mass is 32.1. The van der Waals surface area contributed by atoms with Crippen molar-refractivity contribution in [1.82, 2.24) is 15.3 Å². The van der Waals surface area contributed by atoms with Gasteiger partial charge in [0.1, 0.15) is 11.1 Å². The van der Waals surface area contributed by atoms with Crippen molar-refractivity contribution < 1.29 is 19.2 Å². The number of fused-ring (bicyclic) bond motifs is 1. The van der Waals surface area contributed by atoms with Crippen LogP contribution < -0.4 is 5.32 Å². The van der Waals surface area contributed by atoms with Gasteiger partial charge in [-0.05, 0) is 50.7 Å². The first kappa shape index (κ1) is 22.2. The second-order valence-corrected chi connectivity index (χ2v) is 9.45. The first-order valence-corrected chi connectivity index (χ1v) is 11.0. The van der Waals surface area contributed by atoms with Gasteiger partial charge in [0.25, 0.3) is 5.91 Å². The normalized spacial score (nSPS) is 22.4. The Kier molecular flexibility index (Phi) is 5.92. The number of carbonyl (C=O) groups excluding carboxylic acids is 2. The molecular formula is C24H27N3O4S. The maximum absolute atomic E-state index is 12.8. The number of likely N-dealkylation sites (tertiary alicyclic amines) is 1. The Bertz CT molecular complexity index is 1010. The molecule has 2 aliphatic heterocycles. The van der Waals surface area contributed by atoms with Crippen LogP contribution in [0, 0.1) is 5.92 Å². The number of nitrogens with zero attached hydrogens (tertiary/aromatic N) is 2. The van der Waals surface area contributed by atoms with Crippen LogP contribution in [0.2, 0.25) is 0 Å². The lowest BCUT2D eigenvalue weighted by atomic mass is 9.81. The molecule has 2 amide bonds. The van der Waals surface area contributed by atoms with Crippen molar-refractivity contribution in [2.75, 3.05) is 19.7 Å². The topological polar surface area (TPSA) is 71.1 Å². The summed E-state index contributed by atoms with van der Waals surface area (Å²) >= 11 is 5.61. The largest absolute Gasteiger partial charge is 0.444 e. The van der Waals surface area contributed by atoms with Crippen molar-refractivity contribution in [3.8, 4) is 0 Å². The molecule has 2 atom stereocenters. The van der Waals surface area contributed by atoms with Gasteiger partial charge in [0.05, 0.1) is 13.2 Å². The number of hydrogen-bond acceptors (Lipinski definition) is 5. The van der Waals surface area contributed by atoms with Gasteiger partial charge in [-0.1, -0.05) is 48.5 Å². The van der Waals surface area contributed by atoms with Crippen LogP contribution in [0.4, 0.5) is 4.79 Å². The molecule has 2 saturated heterocycles. The number of benzene rings is 2. The van der Waals surface area contributed by atoms with E-state index in [0.29, 0.717) is 25.3 Å². The number of carbonyl (C=O) groups is 2. The van der Waals surface area contributed by atoms with Crippen molar-refractivity contribution >= 4 is 29.3 Å². The van der Waals surface area contributed by atoms with Crippen LogP contribution in [-0.4, -0.2) is 52.4 Å². The summed E-state index contributed by atoms with van der Waals surface area (Å²) in [5.41, 5.74) is 0.148. The zero-order valence-corrected chi connectivity index (χ0v) is 19.2.